The molecule has 1 rings (SSSR count). The van der Waals surface area contributed by atoms with Crippen molar-refractivity contribution in [1.29, 1.82) is 0 Å². The first-order valence-corrected chi connectivity index (χ1v) is 7.55. The Kier molecular flexibility index (Phi) is 4.69. The van der Waals surface area contributed by atoms with Crippen molar-refractivity contribution >= 4 is 16.6 Å². The number of aromatic nitrogens is 1. The quantitative estimate of drug-likeness (QED) is 0.898. The van der Waals surface area contributed by atoms with Gasteiger partial charge in [-0.2, -0.15) is 0 Å². The Hall–Kier alpha value is -0.900. The summed E-state index contributed by atoms with van der Waals surface area (Å²) in [7, 11) is -0.778. The average molecular weight is 254 g/mol. The van der Waals surface area contributed by atoms with Gasteiger partial charge in [0.25, 0.3) is 0 Å². The fourth-order valence-corrected chi connectivity index (χ4v) is 2.36. The number of hydrogen-bond donors (Lipinski definition) is 1. The van der Waals surface area contributed by atoms with Crippen LogP contribution in [0.3, 0.4) is 0 Å². The summed E-state index contributed by atoms with van der Waals surface area (Å²) in [6, 6.07) is 4.24. The van der Waals surface area contributed by atoms with Gasteiger partial charge < -0.3 is 5.32 Å². The summed E-state index contributed by atoms with van der Waals surface area (Å²) in [4.78, 5) is 4.38. The smallest absolute Gasteiger partial charge is 0.126 e. The van der Waals surface area contributed by atoms with E-state index in [1.54, 1.807) is 6.26 Å². The van der Waals surface area contributed by atoms with Crippen LogP contribution in [0.5, 0.6) is 0 Å². The highest BCUT2D eigenvalue weighted by molar-refractivity contribution is 7.84. The first-order chi connectivity index (χ1) is 7.79. The van der Waals surface area contributed by atoms with Crippen molar-refractivity contribution < 1.29 is 4.21 Å². The third-order valence-electron chi connectivity index (χ3n) is 2.51. The standard InChI is InChI=1S/C13H22N2OS/c1-10(9-17(5)16)15-12-7-6-11(8-14-12)13(2,3)4/h6-8,10H,9H2,1-5H3,(H,14,15). The summed E-state index contributed by atoms with van der Waals surface area (Å²) in [6.45, 7) is 8.51. The van der Waals surface area contributed by atoms with Gasteiger partial charge in [-0.05, 0) is 24.0 Å². The zero-order valence-corrected chi connectivity index (χ0v) is 12.1. The minimum atomic E-state index is -0.778. The lowest BCUT2D eigenvalue weighted by Gasteiger charge is -2.19. The topological polar surface area (TPSA) is 42.0 Å². The van der Waals surface area contributed by atoms with Crippen molar-refractivity contribution in [2.45, 2.75) is 39.2 Å². The lowest BCUT2D eigenvalue weighted by molar-refractivity contribution is 0.587. The molecule has 0 aliphatic carbocycles. The number of nitrogens with zero attached hydrogens (tertiary/aromatic N) is 1. The van der Waals surface area contributed by atoms with E-state index in [0.717, 1.165) is 5.82 Å². The summed E-state index contributed by atoms with van der Waals surface area (Å²) in [5.74, 6) is 1.49. The van der Waals surface area contributed by atoms with Gasteiger partial charge in [-0.25, -0.2) is 4.98 Å². The van der Waals surface area contributed by atoms with E-state index in [2.05, 4.69) is 37.1 Å². The molecule has 0 spiro atoms. The van der Waals surface area contributed by atoms with Crippen LogP contribution in [0.25, 0.3) is 0 Å². The van der Waals surface area contributed by atoms with Crippen molar-refractivity contribution in [1.82, 2.24) is 4.98 Å². The van der Waals surface area contributed by atoms with Gasteiger partial charge in [-0.3, -0.25) is 4.21 Å². The van der Waals surface area contributed by atoms with E-state index in [1.807, 2.05) is 19.2 Å². The molecular weight excluding hydrogens is 232 g/mol. The zero-order valence-electron chi connectivity index (χ0n) is 11.3. The van der Waals surface area contributed by atoms with Gasteiger partial charge in [-0.15, -0.1) is 0 Å². The number of nitrogens with one attached hydrogen (secondary N) is 1. The Morgan fingerprint density at radius 3 is 2.47 bits per heavy atom. The van der Waals surface area contributed by atoms with Crippen LogP contribution in [0.1, 0.15) is 33.3 Å². The highest BCUT2D eigenvalue weighted by Gasteiger charge is 2.14. The predicted octanol–water partition coefficient (Wildman–Crippen LogP) is 2.56. The maximum atomic E-state index is 11.1. The summed E-state index contributed by atoms with van der Waals surface area (Å²) in [5.41, 5.74) is 1.34. The maximum absolute atomic E-state index is 11.1. The second kappa shape index (κ2) is 5.63. The van der Waals surface area contributed by atoms with Crippen molar-refractivity contribution in [3.05, 3.63) is 23.9 Å². The Morgan fingerprint density at radius 1 is 1.41 bits per heavy atom. The predicted molar refractivity (Wildman–Crippen MR) is 75.0 cm³/mol. The first-order valence-electron chi connectivity index (χ1n) is 5.82. The molecule has 2 atom stereocenters. The largest absolute Gasteiger partial charge is 0.367 e. The monoisotopic (exact) mass is 254 g/mol. The zero-order chi connectivity index (χ0) is 13.1. The van der Waals surface area contributed by atoms with Gasteiger partial charge in [0, 0.05) is 35.0 Å². The second-order valence-electron chi connectivity index (χ2n) is 5.47. The highest BCUT2D eigenvalue weighted by Crippen LogP contribution is 2.21. The number of pyridine rings is 1. The van der Waals surface area contributed by atoms with Crippen molar-refractivity contribution in [3.63, 3.8) is 0 Å². The van der Waals surface area contributed by atoms with Crippen LogP contribution in [-0.2, 0) is 16.2 Å². The molecule has 17 heavy (non-hydrogen) atoms. The minimum absolute atomic E-state index is 0.127. The lowest BCUT2D eigenvalue weighted by atomic mass is 9.88. The molecular formula is C13H22N2OS. The van der Waals surface area contributed by atoms with E-state index >= 15 is 0 Å². The van der Waals surface area contributed by atoms with Crippen LogP contribution in [0.15, 0.2) is 18.3 Å². The van der Waals surface area contributed by atoms with Crippen LogP contribution in [0, 0.1) is 0 Å². The normalized spacial score (nSPS) is 15.4. The van der Waals surface area contributed by atoms with Crippen LogP contribution >= 0.6 is 0 Å². The Bertz CT molecular complexity index is 381. The van der Waals surface area contributed by atoms with Gasteiger partial charge in [0.1, 0.15) is 5.82 Å². The van der Waals surface area contributed by atoms with Gasteiger partial charge in [0.05, 0.1) is 0 Å². The molecule has 0 aromatic carbocycles. The molecule has 1 N–H and O–H groups in total. The summed E-state index contributed by atoms with van der Waals surface area (Å²) >= 11 is 0. The molecule has 4 heteroatoms. The van der Waals surface area contributed by atoms with E-state index in [1.165, 1.54) is 5.56 Å². The molecule has 2 unspecified atom stereocenters. The molecule has 3 nitrogen and oxygen atoms in total. The average Bonchev–Trinajstić information content (AvgIpc) is 2.15. The number of anilines is 1. The molecule has 0 saturated carbocycles. The molecule has 96 valence electrons. The molecule has 0 bridgehead atoms. The van der Waals surface area contributed by atoms with Crippen molar-refractivity contribution in [2.75, 3.05) is 17.3 Å². The Labute approximate surface area is 106 Å². The van der Waals surface area contributed by atoms with Crippen LogP contribution in [0.4, 0.5) is 5.82 Å². The van der Waals surface area contributed by atoms with Crippen molar-refractivity contribution in [2.24, 2.45) is 0 Å². The number of hydrogen-bond acceptors (Lipinski definition) is 3. The van der Waals surface area contributed by atoms with E-state index in [4.69, 9.17) is 0 Å². The van der Waals surface area contributed by atoms with Crippen LogP contribution in [-0.4, -0.2) is 27.2 Å². The Balaban J connectivity index is 2.66. The molecule has 0 amide bonds. The summed E-state index contributed by atoms with van der Waals surface area (Å²) in [5, 5.41) is 3.25. The molecule has 0 aliphatic rings. The SMILES string of the molecule is CC(CS(C)=O)Nc1ccc(C(C)(C)C)cn1. The maximum Gasteiger partial charge on any atom is 0.126 e. The summed E-state index contributed by atoms with van der Waals surface area (Å²) in [6.07, 6.45) is 3.62. The Morgan fingerprint density at radius 2 is 2.06 bits per heavy atom. The molecule has 1 heterocycles. The van der Waals surface area contributed by atoms with Crippen LogP contribution in [0.2, 0.25) is 0 Å². The molecule has 1 aromatic rings. The van der Waals surface area contributed by atoms with Crippen molar-refractivity contribution in [3.8, 4) is 0 Å². The van der Waals surface area contributed by atoms with E-state index in [0.29, 0.717) is 5.75 Å². The molecule has 0 radical (unpaired) electrons. The van der Waals surface area contributed by atoms with E-state index in [-0.39, 0.29) is 11.5 Å². The minimum Gasteiger partial charge on any atom is -0.367 e. The molecule has 0 aliphatic heterocycles. The fourth-order valence-electron chi connectivity index (χ4n) is 1.57. The second-order valence-corrected chi connectivity index (χ2v) is 6.95. The summed E-state index contributed by atoms with van der Waals surface area (Å²) < 4.78 is 11.1. The van der Waals surface area contributed by atoms with Gasteiger partial charge >= 0.3 is 0 Å². The number of rotatable bonds is 4. The fraction of sp³-hybridized carbons (Fsp3) is 0.615. The third kappa shape index (κ3) is 4.86. The molecule has 0 saturated heterocycles. The van der Waals surface area contributed by atoms with Gasteiger partial charge in [-0.1, -0.05) is 26.8 Å². The van der Waals surface area contributed by atoms with E-state index < -0.39 is 10.8 Å². The highest BCUT2D eigenvalue weighted by atomic mass is 32.2. The lowest BCUT2D eigenvalue weighted by Crippen LogP contribution is -2.23. The first kappa shape index (κ1) is 14.2. The van der Waals surface area contributed by atoms with Gasteiger partial charge in [0.15, 0.2) is 0 Å². The van der Waals surface area contributed by atoms with Crippen LogP contribution < -0.4 is 5.32 Å². The molecule has 0 fully saturated rings. The van der Waals surface area contributed by atoms with Gasteiger partial charge in [0.2, 0.25) is 0 Å². The van der Waals surface area contributed by atoms with E-state index in [9.17, 15) is 4.21 Å². The molecule has 1 aromatic heterocycles. The third-order valence-corrected chi connectivity index (χ3v) is 3.48.